The van der Waals surface area contributed by atoms with Crippen LogP contribution < -0.4 is 10.1 Å². The SMILES string of the molecule is Cl.Cn1ccsc1=NC(=O)[C@H]1CNCCO1. The second kappa shape index (κ2) is 6.15. The molecular formula is C9H14ClN3O2S. The fourth-order valence-corrected chi connectivity index (χ4v) is 2.06. The van der Waals surface area contributed by atoms with Crippen molar-refractivity contribution in [3.05, 3.63) is 16.4 Å². The van der Waals surface area contributed by atoms with Crippen LogP contribution in [0.1, 0.15) is 0 Å². The van der Waals surface area contributed by atoms with Crippen molar-refractivity contribution < 1.29 is 9.53 Å². The van der Waals surface area contributed by atoms with Gasteiger partial charge in [-0.15, -0.1) is 23.7 Å². The highest BCUT2D eigenvalue weighted by molar-refractivity contribution is 7.07. The number of aromatic nitrogens is 1. The molecule has 1 aromatic heterocycles. The smallest absolute Gasteiger partial charge is 0.278 e. The molecule has 1 N–H and O–H groups in total. The molecule has 1 atom stereocenters. The average molecular weight is 264 g/mol. The number of carbonyl (C=O) groups excluding carboxylic acids is 1. The second-order valence-corrected chi connectivity index (χ2v) is 4.18. The van der Waals surface area contributed by atoms with E-state index in [9.17, 15) is 4.79 Å². The standard InChI is InChI=1S/C9H13N3O2S.ClH/c1-12-3-5-15-9(12)11-8(13)7-6-10-2-4-14-7;/h3,5,7,10H,2,4,6H2,1H3;1H/t7-;/m1./s1. The van der Waals surface area contributed by atoms with Crippen LogP contribution in [0, 0.1) is 0 Å². The number of hydrogen-bond donors (Lipinski definition) is 1. The van der Waals surface area contributed by atoms with Crippen molar-refractivity contribution in [3.8, 4) is 0 Å². The molecule has 1 aromatic rings. The van der Waals surface area contributed by atoms with Crippen LogP contribution in [-0.4, -0.2) is 36.3 Å². The maximum Gasteiger partial charge on any atom is 0.278 e. The quantitative estimate of drug-likeness (QED) is 0.771. The van der Waals surface area contributed by atoms with E-state index in [4.69, 9.17) is 4.74 Å². The largest absolute Gasteiger partial charge is 0.366 e. The molecule has 7 heteroatoms. The van der Waals surface area contributed by atoms with E-state index in [0.29, 0.717) is 18.0 Å². The summed E-state index contributed by atoms with van der Waals surface area (Å²) in [5.41, 5.74) is 0. The molecule has 1 aliphatic heterocycles. The summed E-state index contributed by atoms with van der Waals surface area (Å²) >= 11 is 1.44. The van der Waals surface area contributed by atoms with Crippen molar-refractivity contribution in [1.29, 1.82) is 0 Å². The molecule has 0 aliphatic carbocycles. The zero-order chi connectivity index (χ0) is 10.7. The van der Waals surface area contributed by atoms with E-state index >= 15 is 0 Å². The molecule has 0 radical (unpaired) electrons. The molecule has 0 unspecified atom stereocenters. The normalized spacial score (nSPS) is 21.6. The molecule has 1 saturated heterocycles. The zero-order valence-corrected chi connectivity index (χ0v) is 10.5. The fraction of sp³-hybridized carbons (Fsp3) is 0.556. The van der Waals surface area contributed by atoms with Crippen LogP contribution in [0.5, 0.6) is 0 Å². The highest BCUT2D eigenvalue weighted by Gasteiger charge is 2.21. The summed E-state index contributed by atoms with van der Waals surface area (Å²) in [6.45, 7) is 1.93. The van der Waals surface area contributed by atoms with Crippen molar-refractivity contribution in [2.45, 2.75) is 6.10 Å². The van der Waals surface area contributed by atoms with Gasteiger partial charge in [0.2, 0.25) is 0 Å². The van der Waals surface area contributed by atoms with Crippen LogP contribution in [0.3, 0.4) is 0 Å². The minimum absolute atomic E-state index is 0. The number of nitrogens with one attached hydrogen (secondary N) is 1. The second-order valence-electron chi connectivity index (χ2n) is 3.31. The van der Waals surface area contributed by atoms with E-state index in [-0.39, 0.29) is 18.3 Å². The molecule has 0 saturated carbocycles. The van der Waals surface area contributed by atoms with E-state index in [0.717, 1.165) is 6.54 Å². The Morgan fingerprint density at radius 1 is 1.75 bits per heavy atom. The first-order valence-corrected chi connectivity index (χ1v) is 5.66. The van der Waals surface area contributed by atoms with Gasteiger partial charge in [0.05, 0.1) is 6.61 Å². The van der Waals surface area contributed by atoms with Gasteiger partial charge in [0.15, 0.2) is 10.9 Å². The zero-order valence-electron chi connectivity index (χ0n) is 8.88. The van der Waals surface area contributed by atoms with Gasteiger partial charge < -0.3 is 14.6 Å². The molecule has 90 valence electrons. The topological polar surface area (TPSA) is 55.6 Å². The molecule has 2 heterocycles. The van der Waals surface area contributed by atoms with Crippen LogP contribution in [0.2, 0.25) is 0 Å². The first-order chi connectivity index (χ1) is 7.27. The van der Waals surface area contributed by atoms with Gasteiger partial charge in [-0.1, -0.05) is 0 Å². The van der Waals surface area contributed by atoms with Crippen LogP contribution in [-0.2, 0) is 16.6 Å². The Kier molecular flexibility index (Phi) is 5.14. The monoisotopic (exact) mass is 263 g/mol. The Balaban J connectivity index is 0.00000128. The van der Waals surface area contributed by atoms with Gasteiger partial charge in [0.1, 0.15) is 0 Å². The molecule has 16 heavy (non-hydrogen) atoms. The van der Waals surface area contributed by atoms with E-state index < -0.39 is 6.10 Å². The fourth-order valence-electron chi connectivity index (χ4n) is 1.32. The summed E-state index contributed by atoms with van der Waals surface area (Å²) in [4.78, 5) is 16.4. The third-order valence-corrected chi connectivity index (χ3v) is 3.02. The van der Waals surface area contributed by atoms with E-state index in [1.165, 1.54) is 11.3 Å². The van der Waals surface area contributed by atoms with Crippen molar-refractivity contribution in [2.24, 2.45) is 12.0 Å². The van der Waals surface area contributed by atoms with Gasteiger partial charge in [-0.25, -0.2) is 0 Å². The predicted octanol–water partition coefficient (Wildman–Crippen LogP) is -0.0759. The number of hydrogen-bond acceptors (Lipinski definition) is 4. The number of morpholine rings is 1. The molecule has 2 rings (SSSR count). The number of carbonyl (C=O) groups is 1. The van der Waals surface area contributed by atoms with Crippen molar-refractivity contribution in [2.75, 3.05) is 19.7 Å². The molecule has 1 fully saturated rings. The van der Waals surface area contributed by atoms with Gasteiger partial charge in [-0.05, 0) is 0 Å². The Morgan fingerprint density at radius 2 is 2.56 bits per heavy atom. The van der Waals surface area contributed by atoms with E-state index in [1.807, 2.05) is 23.2 Å². The first-order valence-electron chi connectivity index (χ1n) is 4.78. The molecule has 0 aromatic carbocycles. The third-order valence-electron chi connectivity index (χ3n) is 2.17. The molecule has 0 bridgehead atoms. The Morgan fingerprint density at radius 3 is 3.12 bits per heavy atom. The summed E-state index contributed by atoms with van der Waals surface area (Å²) in [5, 5.41) is 5.00. The molecule has 0 spiro atoms. The number of thiazole rings is 1. The lowest BCUT2D eigenvalue weighted by Crippen LogP contribution is -2.43. The number of halogens is 1. The minimum Gasteiger partial charge on any atom is -0.366 e. The summed E-state index contributed by atoms with van der Waals surface area (Å²) < 4.78 is 7.14. The first kappa shape index (κ1) is 13.4. The van der Waals surface area contributed by atoms with E-state index in [2.05, 4.69) is 10.3 Å². The van der Waals surface area contributed by atoms with Crippen LogP contribution in [0.15, 0.2) is 16.6 Å². The molecular weight excluding hydrogens is 250 g/mol. The van der Waals surface area contributed by atoms with Crippen LogP contribution in [0.25, 0.3) is 0 Å². The summed E-state index contributed by atoms with van der Waals surface area (Å²) in [7, 11) is 1.86. The molecule has 1 aliphatic rings. The van der Waals surface area contributed by atoms with Gasteiger partial charge in [-0.3, -0.25) is 4.79 Å². The summed E-state index contributed by atoms with van der Waals surface area (Å²) in [6, 6.07) is 0. The van der Waals surface area contributed by atoms with Crippen LogP contribution >= 0.6 is 23.7 Å². The Hall–Kier alpha value is -0.690. The van der Waals surface area contributed by atoms with Gasteiger partial charge >= 0.3 is 0 Å². The highest BCUT2D eigenvalue weighted by atomic mass is 35.5. The maximum atomic E-state index is 11.7. The maximum absolute atomic E-state index is 11.7. The van der Waals surface area contributed by atoms with Crippen LogP contribution in [0.4, 0.5) is 0 Å². The summed E-state index contributed by atoms with van der Waals surface area (Å²) in [5.74, 6) is -0.208. The van der Waals surface area contributed by atoms with Gasteiger partial charge in [-0.2, -0.15) is 4.99 Å². The van der Waals surface area contributed by atoms with Crippen molar-refractivity contribution >= 4 is 29.7 Å². The van der Waals surface area contributed by atoms with E-state index in [1.54, 1.807) is 0 Å². The minimum atomic E-state index is -0.430. The summed E-state index contributed by atoms with van der Waals surface area (Å²) in [6.07, 6.45) is 1.44. The lowest BCUT2D eigenvalue weighted by atomic mass is 10.3. The highest BCUT2D eigenvalue weighted by Crippen LogP contribution is 1.98. The van der Waals surface area contributed by atoms with Gasteiger partial charge in [0.25, 0.3) is 5.91 Å². The lowest BCUT2D eigenvalue weighted by Gasteiger charge is -2.20. The van der Waals surface area contributed by atoms with Gasteiger partial charge in [0, 0.05) is 31.7 Å². The molecule has 1 amide bonds. The lowest BCUT2D eigenvalue weighted by molar-refractivity contribution is -0.130. The predicted molar refractivity (Wildman–Crippen MR) is 63.7 cm³/mol. The number of ether oxygens (including phenoxy) is 1. The Bertz CT molecular complexity index is 409. The average Bonchev–Trinajstić information content (AvgIpc) is 2.66. The Labute approximate surface area is 104 Å². The van der Waals surface area contributed by atoms with Crippen molar-refractivity contribution in [1.82, 2.24) is 9.88 Å². The number of amides is 1. The number of nitrogens with zero attached hydrogens (tertiary/aromatic N) is 2. The number of aryl methyl sites for hydroxylation is 1. The molecule has 5 nitrogen and oxygen atoms in total. The van der Waals surface area contributed by atoms with Crippen molar-refractivity contribution in [3.63, 3.8) is 0 Å². The number of rotatable bonds is 1. The third kappa shape index (κ3) is 3.15.